The molecule has 10 heteroatoms. The van der Waals surface area contributed by atoms with Crippen LogP contribution >= 0.6 is 11.6 Å². The number of hydrogen-bond donors (Lipinski definition) is 2. The molecule has 0 unspecified atom stereocenters. The van der Waals surface area contributed by atoms with E-state index in [1.165, 1.54) is 0 Å². The van der Waals surface area contributed by atoms with Gasteiger partial charge in [0.25, 0.3) is 5.91 Å². The molecular formula is C6H6ClF6NO2. The first kappa shape index (κ1) is 15.3. The minimum atomic E-state index is -6.04. The molecule has 0 aliphatic rings. The standard InChI is InChI=1S/C6H6ClF6NO2/c7-6(12,13)5(10,11)4(8,9)3(16)14-1-2-15/h15H,1-2H2,(H,14,16). The lowest BCUT2D eigenvalue weighted by atomic mass is 10.1. The van der Waals surface area contributed by atoms with Crippen LogP contribution in [0.2, 0.25) is 0 Å². The van der Waals surface area contributed by atoms with Crippen LogP contribution < -0.4 is 5.32 Å². The highest BCUT2D eigenvalue weighted by atomic mass is 35.5. The summed E-state index contributed by atoms with van der Waals surface area (Å²) >= 11 is 3.79. The smallest absolute Gasteiger partial charge is 0.395 e. The minimum Gasteiger partial charge on any atom is -0.395 e. The summed E-state index contributed by atoms with van der Waals surface area (Å²) in [4.78, 5) is 10.5. The van der Waals surface area contributed by atoms with E-state index in [2.05, 4.69) is 11.6 Å². The summed E-state index contributed by atoms with van der Waals surface area (Å²) in [5.74, 6) is -14.4. The number of alkyl halides is 7. The number of rotatable bonds is 5. The van der Waals surface area contributed by atoms with Gasteiger partial charge in [-0.05, 0) is 11.6 Å². The predicted molar refractivity (Wildman–Crippen MR) is 40.8 cm³/mol. The van der Waals surface area contributed by atoms with Crippen molar-refractivity contribution in [2.45, 2.75) is 17.2 Å². The van der Waals surface area contributed by atoms with Gasteiger partial charge in [0.2, 0.25) is 0 Å². The highest BCUT2D eigenvalue weighted by Crippen LogP contribution is 2.47. The van der Waals surface area contributed by atoms with Gasteiger partial charge in [-0.3, -0.25) is 4.79 Å². The second kappa shape index (κ2) is 4.66. The number of aliphatic hydroxyl groups excluding tert-OH is 1. The fourth-order valence-electron chi connectivity index (χ4n) is 0.601. The molecule has 96 valence electrons. The van der Waals surface area contributed by atoms with Gasteiger partial charge < -0.3 is 10.4 Å². The molecule has 0 saturated carbocycles. The summed E-state index contributed by atoms with van der Waals surface area (Å²) in [5, 5.41) is 3.69. The molecule has 0 saturated heterocycles. The van der Waals surface area contributed by atoms with Crippen molar-refractivity contribution < 1.29 is 36.2 Å². The molecule has 0 spiro atoms. The number of aliphatic hydroxyl groups is 1. The SMILES string of the molecule is O=C(NCCO)C(F)(F)C(F)(F)C(F)(F)Cl. The molecule has 0 heterocycles. The van der Waals surface area contributed by atoms with Crippen molar-refractivity contribution in [3.05, 3.63) is 0 Å². The predicted octanol–water partition coefficient (Wildman–Crippen LogP) is 1.20. The third-order valence-corrected chi connectivity index (χ3v) is 1.67. The summed E-state index contributed by atoms with van der Waals surface area (Å²) in [5.41, 5.74) is 0. The molecule has 16 heavy (non-hydrogen) atoms. The fraction of sp³-hybridized carbons (Fsp3) is 0.833. The van der Waals surface area contributed by atoms with Crippen LogP contribution in [0.25, 0.3) is 0 Å². The van der Waals surface area contributed by atoms with Crippen molar-refractivity contribution in [1.29, 1.82) is 0 Å². The Morgan fingerprint density at radius 1 is 1.19 bits per heavy atom. The number of carbonyl (C=O) groups is 1. The average molecular weight is 274 g/mol. The molecule has 1 amide bonds. The van der Waals surface area contributed by atoms with Gasteiger partial charge in [0.15, 0.2) is 0 Å². The number of amides is 1. The molecule has 0 rings (SSSR count). The van der Waals surface area contributed by atoms with E-state index in [0.717, 1.165) is 5.32 Å². The van der Waals surface area contributed by atoms with Crippen LogP contribution in [0, 0.1) is 0 Å². The van der Waals surface area contributed by atoms with Gasteiger partial charge >= 0.3 is 17.2 Å². The maximum absolute atomic E-state index is 12.6. The second-order valence-electron chi connectivity index (χ2n) is 2.63. The molecule has 0 radical (unpaired) electrons. The molecule has 0 aliphatic heterocycles. The Bertz CT molecular complexity index is 266. The largest absolute Gasteiger partial charge is 0.395 e. The van der Waals surface area contributed by atoms with Crippen molar-refractivity contribution in [2.24, 2.45) is 0 Å². The van der Waals surface area contributed by atoms with E-state index in [4.69, 9.17) is 5.11 Å². The Morgan fingerprint density at radius 2 is 1.62 bits per heavy atom. The fourth-order valence-corrected chi connectivity index (χ4v) is 0.720. The zero-order valence-electron chi connectivity index (χ0n) is 7.42. The van der Waals surface area contributed by atoms with Crippen LogP contribution in [-0.4, -0.2) is 41.4 Å². The minimum absolute atomic E-state index is 0.779. The summed E-state index contributed by atoms with van der Waals surface area (Å²) < 4.78 is 74.0. The van der Waals surface area contributed by atoms with Crippen molar-refractivity contribution in [2.75, 3.05) is 13.2 Å². The first-order valence-electron chi connectivity index (χ1n) is 3.70. The molecule has 2 N–H and O–H groups in total. The van der Waals surface area contributed by atoms with Gasteiger partial charge in [-0.2, -0.15) is 26.3 Å². The third-order valence-electron chi connectivity index (χ3n) is 1.43. The summed E-state index contributed by atoms with van der Waals surface area (Å²) in [6.45, 7) is -1.59. The Labute approximate surface area is 90.4 Å². The molecule has 0 aromatic carbocycles. The topological polar surface area (TPSA) is 49.3 Å². The quantitative estimate of drug-likeness (QED) is 0.584. The summed E-state index contributed by atoms with van der Waals surface area (Å²) in [7, 11) is 0. The van der Waals surface area contributed by atoms with Gasteiger partial charge in [0.1, 0.15) is 0 Å². The molecule has 0 bridgehead atoms. The Morgan fingerprint density at radius 3 is 1.94 bits per heavy atom. The van der Waals surface area contributed by atoms with Gasteiger partial charge in [-0.1, -0.05) is 0 Å². The Hall–Kier alpha value is -0.700. The third kappa shape index (κ3) is 2.70. The Balaban J connectivity index is 4.97. The lowest BCUT2D eigenvalue weighted by molar-refractivity contribution is -0.269. The van der Waals surface area contributed by atoms with Crippen LogP contribution in [0.3, 0.4) is 0 Å². The molecule has 0 fully saturated rings. The lowest BCUT2D eigenvalue weighted by Crippen LogP contribution is -2.59. The lowest BCUT2D eigenvalue weighted by Gasteiger charge is -2.28. The van der Waals surface area contributed by atoms with E-state index in [1.54, 1.807) is 0 Å². The first-order chi connectivity index (χ1) is 6.98. The zero-order chi connectivity index (χ0) is 13.2. The first-order valence-corrected chi connectivity index (χ1v) is 4.07. The molecular weight excluding hydrogens is 268 g/mol. The summed E-state index contributed by atoms with van der Waals surface area (Å²) in [6.07, 6.45) is 0. The van der Waals surface area contributed by atoms with Crippen molar-refractivity contribution >= 4 is 17.5 Å². The van der Waals surface area contributed by atoms with Gasteiger partial charge in [0, 0.05) is 6.54 Å². The molecule has 0 aromatic rings. The molecule has 0 aliphatic carbocycles. The van der Waals surface area contributed by atoms with Crippen LogP contribution in [0.5, 0.6) is 0 Å². The maximum atomic E-state index is 12.6. The highest BCUT2D eigenvalue weighted by molar-refractivity contribution is 6.22. The summed E-state index contributed by atoms with van der Waals surface area (Å²) in [6, 6.07) is 0. The molecule has 3 nitrogen and oxygen atoms in total. The van der Waals surface area contributed by atoms with Crippen molar-refractivity contribution in [3.8, 4) is 0 Å². The monoisotopic (exact) mass is 273 g/mol. The van der Waals surface area contributed by atoms with E-state index < -0.39 is 36.3 Å². The molecule has 0 atom stereocenters. The van der Waals surface area contributed by atoms with E-state index in [9.17, 15) is 31.1 Å². The normalized spacial score (nSPS) is 13.8. The van der Waals surface area contributed by atoms with Gasteiger partial charge in [-0.15, -0.1) is 0 Å². The number of nitrogens with one attached hydrogen (secondary N) is 1. The average Bonchev–Trinajstić information content (AvgIpc) is 2.11. The van der Waals surface area contributed by atoms with Crippen LogP contribution in [-0.2, 0) is 4.79 Å². The van der Waals surface area contributed by atoms with Gasteiger partial charge in [0.05, 0.1) is 6.61 Å². The van der Waals surface area contributed by atoms with Crippen LogP contribution in [0.15, 0.2) is 0 Å². The van der Waals surface area contributed by atoms with Crippen LogP contribution in [0.1, 0.15) is 0 Å². The van der Waals surface area contributed by atoms with E-state index in [-0.39, 0.29) is 0 Å². The van der Waals surface area contributed by atoms with E-state index in [1.807, 2.05) is 0 Å². The number of hydrogen-bond acceptors (Lipinski definition) is 2. The second-order valence-corrected chi connectivity index (χ2v) is 3.10. The zero-order valence-corrected chi connectivity index (χ0v) is 8.17. The van der Waals surface area contributed by atoms with Gasteiger partial charge in [-0.25, -0.2) is 0 Å². The highest BCUT2D eigenvalue weighted by Gasteiger charge is 2.74. The Kier molecular flexibility index (Phi) is 4.46. The number of halogens is 7. The van der Waals surface area contributed by atoms with E-state index in [0.29, 0.717) is 0 Å². The van der Waals surface area contributed by atoms with E-state index >= 15 is 0 Å². The molecule has 0 aromatic heterocycles. The maximum Gasteiger partial charge on any atom is 0.395 e. The number of carbonyl (C=O) groups excluding carboxylic acids is 1. The van der Waals surface area contributed by atoms with Crippen molar-refractivity contribution in [1.82, 2.24) is 5.32 Å². The van der Waals surface area contributed by atoms with Crippen molar-refractivity contribution in [3.63, 3.8) is 0 Å². The van der Waals surface area contributed by atoms with Crippen LogP contribution in [0.4, 0.5) is 26.3 Å².